The number of rotatable bonds is 3. The Hall–Kier alpha value is -1.42. The van der Waals surface area contributed by atoms with Gasteiger partial charge in [0.1, 0.15) is 0 Å². The van der Waals surface area contributed by atoms with Crippen LogP contribution in [0.15, 0.2) is 18.3 Å². The van der Waals surface area contributed by atoms with Crippen molar-refractivity contribution in [1.82, 2.24) is 9.88 Å². The maximum atomic E-state index is 11.1. The van der Waals surface area contributed by atoms with E-state index in [-0.39, 0.29) is 5.69 Å². The number of carboxylic acid groups (broad SMARTS) is 1. The van der Waals surface area contributed by atoms with Gasteiger partial charge < -0.3 is 5.11 Å². The quantitative estimate of drug-likeness (QED) is 0.910. The van der Waals surface area contributed by atoms with E-state index in [9.17, 15) is 4.79 Å². The van der Waals surface area contributed by atoms with Crippen LogP contribution in [0.5, 0.6) is 0 Å². The third kappa shape index (κ3) is 3.32. The molecule has 0 aromatic carbocycles. The zero-order valence-corrected chi connectivity index (χ0v) is 11.9. The number of aromatic nitrogens is 1. The molecule has 1 aliphatic rings. The van der Waals surface area contributed by atoms with Gasteiger partial charge in [-0.2, -0.15) is 0 Å². The molecule has 1 atom stereocenters. The summed E-state index contributed by atoms with van der Waals surface area (Å²) in [6.07, 6.45) is 2.72. The zero-order chi connectivity index (χ0) is 14.0. The molecule has 1 fully saturated rings. The van der Waals surface area contributed by atoms with E-state index < -0.39 is 5.97 Å². The molecule has 1 saturated heterocycles. The average molecular weight is 262 g/mol. The van der Waals surface area contributed by atoms with Crippen molar-refractivity contribution in [2.45, 2.75) is 33.7 Å². The fourth-order valence-electron chi connectivity index (χ4n) is 2.68. The SMILES string of the molecule is CC(C)(C)C1CCN(Cc2cccnc2C(=O)O)C1. The Kier molecular flexibility index (Phi) is 3.90. The number of carboxylic acids is 1. The van der Waals surface area contributed by atoms with E-state index in [4.69, 9.17) is 5.11 Å². The molecule has 19 heavy (non-hydrogen) atoms. The van der Waals surface area contributed by atoms with Gasteiger partial charge in [-0.05, 0) is 35.9 Å². The molecule has 1 unspecified atom stereocenters. The minimum absolute atomic E-state index is 0.182. The lowest BCUT2D eigenvalue weighted by molar-refractivity contribution is 0.0688. The molecule has 0 spiro atoms. The van der Waals surface area contributed by atoms with Crippen LogP contribution in [0.3, 0.4) is 0 Å². The van der Waals surface area contributed by atoms with Crippen molar-refractivity contribution in [3.63, 3.8) is 0 Å². The Labute approximate surface area is 114 Å². The first-order valence-corrected chi connectivity index (χ1v) is 6.77. The second kappa shape index (κ2) is 5.29. The predicted molar refractivity (Wildman–Crippen MR) is 74.0 cm³/mol. The Morgan fingerprint density at radius 1 is 1.53 bits per heavy atom. The van der Waals surface area contributed by atoms with Crippen LogP contribution < -0.4 is 0 Å². The minimum atomic E-state index is -0.942. The van der Waals surface area contributed by atoms with Gasteiger partial charge in [0.15, 0.2) is 5.69 Å². The first-order chi connectivity index (χ1) is 8.88. The van der Waals surface area contributed by atoms with Crippen LogP contribution in [0.2, 0.25) is 0 Å². The summed E-state index contributed by atoms with van der Waals surface area (Å²) in [6.45, 7) is 9.57. The van der Waals surface area contributed by atoms with Gasteiger partial charge in [0.05, 0.1) is 0 Å². The smallest absolute Gasteiger partial charge is 0.354 e. The third-order valence-electron chi connectivity index (χ3n) is 3.98. The van der Waals surface area contributed by atoms with E-state index in [1.165, 1.54) is 12.6 Å². The molecule has 0 bridgehead atoms. The number of pyridine rings is 1. The van der Waals surface area contributed by atoms with Crippen molar-refractivity contribution in [3.05, 3.63) is 29.6 Å². The van der Waals surface area contributed by atoms with Gasteiger partial charge in [-0.15, -0.1) is 0 Å². The molecule has 4 heteroatoms. The van der Waals surface area contributed by atoms with Gasteiger partial charge in [0, 0.05) is 19.3 Å². The molecule has 2 heterocycles. The van der Waals surface area contributed by atoms with Gasteiger partial charge in [-0.25, -0.2) is 9.78 Å². The van der Waals surface area contributed by atoms with Crippen molar-refractivity contribution >= 4 is 5.97 Å². The van der Waals surface area contributed by atoms with E-state index in [2.05, 4.69) is 30.7 Å². The highest BCUT2D eigenvalue weighted by Crippen LogP contribution is 2.34. The molecule has 1 N–H and O–H groups in total. The number of carbonyl (C=O) groups is 1. The van der Waals surface area contributed by atoms with Gasteiger partial charge in [0.2, 0.25) is 0 Å². The Bertz CT molecular complexity index is 465. The van der Waals surface area contributed by atoms with Gasteiger partial charge >= 0.3 is 5.97 Å². The normalized spacial score (nSPS) is 20.7. The van der Waals surface area contributed by atoms with Gasteiger partial charge in [-0.1, -0.05) is 26.8 Å². The van der Waals surface area contributed by atoms with E-state index in [1.807, 2.05) is 6.07 Å². The van der Waals surface area contributed by atoms with Crippen molar-refractivity contribution in [2.24, 2.45) is 11.3 Å². The molecule has 2 rings (SSSR count). The van der Waals surface area contributed by atoms with E-state index in [0.29, 0.717) is 17.9 Å². The summed E-state index contributed by atoms with van der Waals surface area (Å²) in [7, 11) is 0. The molecule has 1 aromatic rings. The van der Waals surface area contributed by atoms with Crippen molar-refractivity contribution in [2.75, 3.05) is 13.1 Å². The lowest BCUT2D eigenvalue weighted by Gasteiger charge is -2.27. The average Bonchev–Trinajstić information content (AvgIpc) is 2.77. The first kappa shape index (κ1) is 14.0. The maximum Gasteiger partial charge on any atom is 0.354 e. The highest BCUT2D eigenvalue weighted by atomic mass is 16.4. The monoisotopic (exact) mass is 262 g/mol. The Morgan fingerprint density at radius 3 is 2.84 bits per heavy atom. The summed E-state index contributed by atoms with van der Waals surface area (Å²) in [5, 5.41) is 9.14. The van der Waals surface area contributed by atoms with Gasteiger partial charge in [0.25, 0.3) is 0 Å². The molecule has 0 amide bonds. The number of aromatic carboxylic acids is 1. The lowest BCUT2D eigenvalue weighted by Crippen LogP contribution is -2.26. The first-order valence-electron chi connectivity index (χ1n) is 6.77. The molecular weight excluding hydrogens is 240 g/mol. The summed E-state index contributed by atoms with van der Waals surface area (Å²) in [6, 6.07) is 3.67. The van der Waals surface area contributed by atoms with E-state index in [0.717, 1.165) is 18.7 Å². The van der Waals surface area contributed by atoms with Crippen LogP contribution in [-0.4, -0.2) is 34.0 Å². The molecular formula is C15H22N2O2. The number of nitrogens with zero attached hydrogens (tertiary/aromatic N) is 2. The van der Waals surface area contributed by atoms with Crippen LogP contribution in [0.25, 0.3) is 0 Å². The molecule has 0 saturated carbocycles. The van der Waals surface area contributed by atoms with Crippen LogP contribution in [0.4, 0.5) is 0 Å². The number of likely N-dealkylation sites (tertiary alicyclic amines) is 1. The highest BCUT2D eigenvalue weighted by Gasteiger charge is 2.32. The molecule has 1 aromatic heterocycles. The second-order valence-electron chi connectivity index (χ2n) is 6.40. The summed E-state index contributed by atoms with van der Waals surface area (Å²) in [5.41, 5.74) is 1.31. The van der Waals surface area contributed by atoms with Crippen molar-refractivity contribution < 1.29 is 9.90 Å². The summed E-state index contributed by atoms with van der Waals surface area (Å²) < 4.78 is 0. The van der Waals surface area contributed by atoms with Crippen LogP contribution in [-0.2, 0) is 6.54 Å². The van der Waals surface area contributed by atoms with E-state index >= 15 is 0 Å². The Morgan fingerprint density at radius 2 is 2.26 bits per heavy atom. The van der Waals surface area contributed by atoms with Crippen molar-refractivity contribution in [3.8, 4) is 0 Å². The van der Waals surface area contributed by atoms with Gasteiger partial charge in [-0.3, -0.25) is 4.90 Å². The maximum absolute atomic E-state index is 11.1. The molecule has 4 nitrogen and oxygen atoms in total. The van der Waals surface area contributed by atoms with Crippen LogP contribution >= 0.6 is 0 Å². The highest BCUT2D eigenvalue weighted by molar-refractivity contribution is 5.86. The standard InChI is InChI=1S/C15H22N2O2/c1-15(2,3)12-6-8-17(10-12)9-11-5-4-7-16-13(11)14(18)19/h4-5,7,12H,6,8-10H2,1-3H3,(H,18,19). The predicted octanol–water partition coefficient (Wildman–Crippen LogP) is 2.65. The fourth-order valence-corrected chi connectivity index (χ4v) is 2.68. The molecule has 1 aliphatic heterocycles. The lowest BCUT2D eigenvalue weighted by atomic mass is 9.80. The van der Waals surface area contributed by atoms with Crippen LogP contribution in [0, 0.1) is 11.3 Å². The summed E-state index contributed by atoms with van der Waals surface area (Å²) in [5.74, 6) is -0.264. The third-order valence-corrected chi connectivity index (χ3v) is 3.98. The minimum Gasteiger partial charge on any atom is -0.477 e. The van der Waals surface area contributed by atoms with Crippen LogP contribution in [0.1, 0.15) is 43.2 Å². The largest absolute Gasteiger partial charge is 0.477 e. The number of hydrogen-bond acceptors (Lipinski definition) is 3. The topological polar surface area (TPSA) is 53.4 Å². The fraction of sp³-hybridized carbons (Fsp3) is 0.600. The second-order valence-corrected chi connectivity index (χ2v) is 6.40. The zero-order valence-electron chi connectivity index (χ0n) is 11.9. The molecule has 0 aliphatic carbocycles. The number of hydrogen-bond donors (Lipinski definition) is 1. The molecule has 0 radical (unpaired) electrons. The summed E-state index contributed by atoms with van der Waals surface area (Å²) >= 11 is 0. The van der Waals surface area contributed by atoms with E-state index in [1.54, 1.807) is 6.07 Å². The Balaban J connectivity index is 2.06. The molecule has 104 valence electrons. The summed E-state index contributed by atoms with van der Waals surface area (Å²) in [4.78, 5) is 17.4. The van der Waals surface area contributed by atoms with Crippen molar-refractivity contribution in [1.29, 1.82) is 0 Å².